The molecule has 0 aromatic heterocycles. The molecule has 0 N–H and O–H groups in total. The smallest absolute Gasteiger partial charge is 0.303 e. The molecule has 0 unspecified atom stereocenters. The zero-order valence-corrected chi connectivity index (χ0v) is 19.5. The Labute approximate surface area is 177 Å². The SMILES string of the molecule is CC.CC(=O)OC(C)(C)C.CC(C)(C)Oc1cccc(OCc2ccccc2)c1. The molecule has 4 nitrogen and oxygen atoms in total. The van der Waals surface area contributed by atoms with Crippen molar-refractivity contribution in [3.63, 3.8) is 0 Å². The van der Waals surface area contributed by atoms with Crippen molar-refractivity contribution in [2.45, 2.75) is 80.1 Å². The molecule has 0 aliphatic heterocycles. The Morgan fingerprint density at radius 1 is 0.793 bits per heavy atom. The molecule has 0 heterocycles. The van der Waals surface area contributed by atoms with Gasteiger partial charge >= 0.3 is 5.97 Å². The van der Waals surface area contributed by atoms with E-state index in [1.165, 1.54) is 6.92 Å². The molecule has 162 valence electrons. The third-order valence-electron chi connectivity index (χ3n) is 2.93. The highest BCUT2D eigenvalue weighted by Crippen LogP contribution is 2.23. The monoisotopic (exact) mass is 402 g/mol. The fraction of sp³-hybridized carbons (Fsp3) is 0.480. The molecule has 0 saturated carbocycles. The van der Waals surface area contributed by atoms with Crippen LogP contribution in [0.25, 0.3) is 0 Å². The van der Waals surface area contributed by atoms with Gasteiger partial charge in [-0.25, -0.2) is 0 Å². The van der Waals surface area contributed by atoms with Crippen LogP contribution in [0, 0.1) is 0 Å². The van der Waals surface area contributed by atoms with Gasteiger partial charge in [-0.3, -0.25) is 4.79 Å². The van der Waals surface area contributed by atoms with Crippen LogP contribution in [0.2, 0.25) is 0 Å². The topological polar surface area (TPSA) is 44.8 Å². The van der Waals surface area contributed by atoms with Gasteiger partial charge in [-0.1, -0.05) is 50.2 Å². The summed E-state index contributed by atoms with van der Waals surface area (Å²) in [6, 6.07) is 17.9. The molecule has 0 saturated heterocycles. The number of rotatable bonds is 4. The Balaban J connectivity index is 0.000000664. The van der Waals surface area contributed by atoms with Crippen LogP contribution in [0.5, 0.6) is 11.5 Å². The number of hydrogen-bond donors (Lipinski definition) is 0. The maximum Gasteiger partial charge on any atom is 0.303 e. The van der Waals surface area contributed by atoms with Crippen LogP contribution in [-0.2, 0) is 16.1 Å². The van der Waals surface area contributed by atoms with E-state index in [-0.39, 0.29) is 17.2 Å². The van der Waals surface area contributed by atoms with E-state index in [0.29, 0.717) is 6.61 Å². The largest absolute Gasteiger partial charge is 0.489 e. The first kappa shape index (κ1) is 26.5. The Hall–Kier alpha value is -2.49. The number of ether oxygens (including phenoxy) is 3. The zero-order valence-electron chi connectivity index (χ0n) is 19.5. The second-order valence-corrected chi connectivity index (χ2v) is 8.17. The maximum absolute atomic E-state index is 10.2. The highest BCUT2D eigenvalue weighted by Gasteiger charge is 2.12. The third-order valence-corrected chi connectivity index (χ3v) is 2.93. The first-order chi connectivity index (χ1) is 13.4. The summed E-state index contributed by atoms with van der Waals surface area (Å²) in [5.74, 6) is 1.43. The van der Waals surface area contributed by atoms with Crippen molar-refractivity contribution in [3.05, 3.63) is 60.2 Å². The van der Waals surface area contributed by atoms with Gasteiger partial charge in [0.1, 0.15) is 29.3 Å². The molecule has 2 aromatic rings. The second-order valence-electron chi connectivity index (χ2n) is 8.17. The van der Waals surface area contributed by atoms with Crippen LogP contribution in [-0.4, -0.2) is 17.2 Å². The molecular formula is C25H38O4. The van der Waals surface area contributed by atoms with Gasteiger partial charge in [0, 0.05) is 13.0 Å². The molecule has 0 spiro atoms. The summed E-state index contributed by atoms with van der Waals surface area (Å²) in [5.41, 5.74) is 0.633. The molecule has 0 fully saturated rings. The molecule has 2 aromatic carbocycles. The molecule has 2 rings (SSSR count). The summed E-state index contributed by atoms with van der Waals surface area (Å²) >= 11 is 0. The molecule has 0 aliphatic rings. The molecule has 0 atom stereocenters. The average molecular weight is 403 g/mol. The molecule has 4 heteroatoms. The van der Waals surface area contributed by atoms with Crippen molar-refractivity contribution in [1.82, 2.24) is 0 Å². The normalized spacial score (nSPS) is 10.5. The lowest BCUT2D eigenvalue weighted by atomic mass is 10.2. The molecule has 0 bridgehead atoms. The van der Waals surface area contributed by atoms with Crippen molar-refractivity contribution in [2.75, 3.05) is 0 Å². The fourth-order valence-electron chi connectivity index (χ4n) is 2.15. The van der Waals surface area contributed by atoms with E-state index >= 15 is 0 Å². The van der Waals surface area contributed by atoms with Gasteiger partial charge in [0.15, 0.2) is 0 Å². The lowest BCUT2D eigenvalue weighted by Gasteiger charge is -2.21. The van der Waals surface area contributed by atoms with Crippen molar-refractivity contribution < 1.29 is 19.0 Å². The van der Waals surface area contributed by atoms with Gasteiger partial charge in [0.05, 0.1) is 0 Å². The van der Waals surface area contributed by atoms with Gasteiger partial charge < -0.3 is 14.2 Å². The summed E-state index contributed by atoms with van der Waals surface area (Å²) in [5, 5.41) is 0. The Morgan fingerprint density at radius 2 is 1.34 bits per heavy atom. The Bertz CT molecular complexity index is 695. The summed E-state index contributed by atoms with van der Waals surface area (Å²) in [4.78, 5) is 10.2. The van der Waals surface area contributed by atoms with Gasteiger partial charge in [0.25, 0.3) is 0 Å². The second kappa shape index (κ2) is 12.9. The van der Waals surface area contributed by atoms with E-state index < -0.39 is 0 Å². The van der Waals surface area contributed by atoms with Crippen LogP contribution in [0.1, 0.15) is 67.9 Å². The van der Waals surface area contributed by atoms with Crippen LogP contribution in [0.15, 0.2) is 54.6 Å². The van der Waals surface area contributed by atoms with Gasteiger partial charge in [-0.2, -0.15) is 0 Å². The van der Waals surface area contributed by atoms with Crippen LogP contribution in [0.4, 0.5) is 0 Å². The van der Waals surface area contributed by atoms with Crippen LogP contribution >= 0.6 is 0 Å². The highest BCUT2D eigenvalue weighted by molar-refractivity contribution is 5.66. The van der Waals surface area contributed by atoms with Crippen LogP contribution < -0.4 is 9.47 Å². The van der Waals surface area contributed by atoms with E-state index in [1.807, 2.05) is 97.9 Å². The minimum Gasteiger partial charge on any atom is -0.489 e. The molecule has 0 radical (unpaired) electrons. The summed E-state index contributed by atoms with van der Waals surface area (Å²) in [7, 11) is 0. The van der Waals surface area contributed by atoms with Crippen molar-refractivity contribution in [3.8, 4) is 11.5 Å². The number of carbonyl (C=O) groups excluding carboxylic acids is 1. The Morgan fingerprint density at radius 3 is 1.79 bits per heavy atom. The first-order valence-corrected chi connectivity index (χ1v) is 10.1. The molecule has 0 aliphatic carbocycles. The summed E-state index contributed by atoms with van der Waals surface area (Å²) in [6.07, 6.45) is 0. The quantitative estimate of drug-likeness (QED) is 0.527. The van der Waals surface area contributed by atoms with Gasteiger partial charge in [-0.05, 0) is 59.2 Å². The van der Waals surface area contributed by atoms with E-state index in [4.69, 9.17) is 14.2 Å². The number of benzene rings is 2. The minimum absolute atomic E-state index is 0.196. The Kier molecular flexibility index (Phi) is 11.8. The van der Waals surface area contributed by atoms with E-state index in [1.54, 1.807) is 0 Å². The first-order valence-electron chi connectivity index (χ1n) is 10.1. The third kappa shape index (κ3) is 15.1. The number of hydrogen-bond acceptors (Lipinski definition) is 4. The standard InChI is InChI=1S/C17H20O2.C6H12O2.C2H6/c1-17(2,3)19-16-11-7-10-15(12-16)18-13-14-8-5-4-6-9-14;1-5(7)8-6(2,3)4;1-2/h4-12H,13H2,1-3H3;1-4H3;1-2H3. The summed E-state index contributed by atoms with van der Waals surface area (Å²) < 4.78 is 16.4. The van der Waals surface area contributed by atoms with Crippen molar-refractivity contribution in [1.29, 1.82) is 0 Å². The van der Waals surface area contributed by atoms with Crippen molar-refractivity contribution >= 4 is 5.97 Å². The minimum atomic E-state index is -0.328. The number of carbonyl (C=O) groups is 1. The predicted octanol–water partition coefficient (Wildman–Crippen LogP) is 6.82. The maximum atomic E-state index is 10.2. The van der Waals surface area contributed by atoms with Gasteiger partial charge in [0.2, 0.25) is 0 Å². The molecule has 29 heavy (non-hydrogen) atoms. The lowest BCUT2D eigenvalue weighted by Crippen LogP contribution is -2.22. The summed E-state index contributed by atoms with van der Waals surface area (Å²) in [6.45, 7) is 17.6. The molecule has 0 amide bonds. The highest BCUT2D eigenvalue weighted by atomic mass is 16.6. The average Bonchev–Trinajstić information content (AvgIpc) is 2.60. The van der Waals surface area contributed by atoms with E-state index in [2.05, 4.69) is 12.1 Å². The van der Waals surface area contributed by atoms with E-state index in [0.717, 1.165) is 17.1 Å². The fourth-order valence-corrected chi connectivity index (χ4v) is 2.15. The number of esters is 1. The van der Waals surface area contributed by atoms with E-state index in [9.17, 15) is 4.79 Å². The molecular weight excluding hydrogens is 364 g/mol. The predicted molar refractivity (Wildman–Crippen MR) is 120 cm³/mol. The van der Waals surface area contributed by atoms with Crippen molar-refractivity contribution in [2.24, 2.45) is 0 Å². The van der Waals surface area contributed by atoms with Crippen LogP contribution in [0.3, 0.4) is 0 Å². The lowest BCUT2D eigenvalue weighted by molar-refractivity contribution is -0.151. The zero-order chi connectivity index (χ0) is 22.5. The van der Waals surface area contributed by atoms with Gasteiger partial charge in [-0.15, -0.1) is 0 Å².